The molecule has 0 saturated carbocycles. The van der Waals surface area contributed by atoms with Gasteiger partial charge in [-0.05, 0) is 29.5 Å². The molecule has 0 fully saturated rings. The molecule has 0 radical (unpaired) electrons. The van der Waals surface area contributed by atoms with Crippen LogP contribution in [0.4, 0.5) is 0 Å². The summed E-state index contributed by atoms with van der Waals surface area (Å²) in [5.41, 5.74) is 2.21. The quantitative estimate of drug-likeness (QED) is 0.859. The molecule has 1 aromatic carbocycles. The van der Waals surface area contributed by atoms with Crippen LogP contribution in [-0.2, 0) is 4.79 Å². The van der Waals surface area contributed by atoms with Gasteiger partial charge in [-0.2, -0.15) is 0 Å². The minimum absolute atomic E-state index is 0.162. The molecule has 2 aromatic rings. The van der Waals surface area contributed by atoms with E-state index in [1.807, 2.05) is 25.1 Å². The number of thioether (sulfide) groups is 1. The monoisotopic (exact) mass is 284 g/mol. The molecule has 20 heavy (non-hydrogen) atoms. The molecule has 0 bridgehead atoms. The summed E-state index contributed by atoms with van der Waals surface area (Å²) in [5, 5.41) is 4.34. The molecule has 0 unspecified atom stereocenters. The Hall–Kier alpha value is -2.21. The molecule has 100 valence electrons. The zero-order valence-electron chi connectivity index (χ0n) is 10.8. The summed E-state index contributed by atoms with van der Waals surface area (Å²) < 4.78 is 0. The van der Waals surface area contributed by atoms with Crippen molar-refractivity contribution in [2.75, 3.05) is 5.75 Å². The van der Waals surface area contributed by atoms with Crippen LogP contribution in [0.15, 0.2) is 41.4 Å². The number of amides is 1. The van der Waals surface area contributed by atoms with E-state index in [9.17, 15) is 4.79 Å². The first kappa shape index (κ1) is 12.8. The first-order chi connectivity index (χ1) is 9.76. The van der Waals surface area contributed by atoms with Crippen LogP contribution in [0, 0.1) is 0 Å². The highest BCUT2D eigenvalue weighted by molar-refractivity contribution is 8.13. The van der Waals surface area contributed by atoms with Gasteiger partial charge in [-0.15, -0.1) is 0 Å². The van der Waals surface area contributed by atoms with Crippen molar-refractivity contribution in [3.05, 3.63) is 42.0 Å². The number of carbonyl (C=O) groups is 1. The van der Waals surface area contributed by atoms with Gasteiger partial charge in [-0.3, -0.25) is 10.1 Å². The van der Waals surface area contributed by atoms with E-state index in [1.165, 1.54) is 18.1 Å². The number of amidine groups is 1. The van der Waals surface area contributed by atoms with Crippen LogP contribution in [-0.4, -0.2) is 26.8 Å². The topological polar surface area (TPSA) is 67.2 Å². The molecule has 0 aliphatic carbocycles. The van der Waals surface area contributed by atoms with Crippen molar-refractivity contribution in [3.8, 4) is 0 Å². The molecule has 2 heterocycles. The first-order valence-corrected chi connectivity index (χ1v) is 7.19. The number of rotatable bonds is 2. The van der Waals surface area contributed by atoms with Crippen molar-refractivity contribution in [2.45, 2.75) is 6.92 Å². The minimum Gasteiger partial charge on any atom is -0.300 e. The standard InChI is InChI=1S/C14H12N4OS/c1-2-20-14-17-12(13(19)18-14)6-9-3-4-11-10(5-9)7-15-8-16-11/h3-8H,2H2,1H3,(H,17,18,19)/b12-6-. The highest BCUT2D eigenvalue weighted by atomic mass is 32.2. The normalized spacial score (nSPS) is 16.6. The summed E-state index contributed by atoms with van der Waals surface area (Å²) in [5.74, 6) is 0.713. The van der Waals surface area contributed by atoms with Crippen LogP contribution in [0.5, 0.6) is 0 Å². The Morgan fingerprint density at radius 2 is 2.30 bits per heavy atom. The van der Waals surface area contributed by atoms with Crippen molar-refractivity contribution in [3.63, 3.8) is 0 Å². The average molecular weight is 284 g/mol. The Kier molecular flexibility index (Phi) is 3.47. The van der Waals surface area contributed by atoms with E-state index in [2.05, 4.69) is 20.3 Å². The molecule has 0 saturated heterocycles. The highest BCUT2D eigenvalue weighted by Crippen LogP contribution is 2.18. The Bertz CT molecular complexity index is 739. The van der Waals surface area contributed by atoms with Crippen LogP contribution in [0.3, 0.4) is 0 Å². The van der Waals surface area contributed by atoms with Gasteiger partial charge < -0.3 is 0 Å². The van der Waals surface area contributed by atoms with E-state index in [4.69, 9.17) is 0 Å². The molecule has 6 heteroatoms. The third kappa shape index (κ3) is 2.55. The van der Waals surface area contributed by atoms with Gasteiger partial charge in [0.05, 0.1) is 5.52 Å². The second kappa shape index (κ2) is 5.42. The lowest BCUT2D eigenvalue weighted by Crippen LogP contribution is -2.21. The Morgan fingerprint density at radius 3 is 3.15 bits per heavy atom. The number of aliphatic imine (C=N–C) groups is 1. The fourth-order valence-corrected chi connectivity index (χ4v) is 2.50. The fraction of sp³-hybridized carbons (Fsp3) is 0.143. The predicted molar refractivity (Wildman–Crippen MR) is 81.2 cm³/mol. The smallest absolute Gasteiger partial charge is 0.275 e. The summed E-state index contributed by atoms with van der Waals surface area (Å²) in [4.78, 5) is 24.2. The molecule has 1 aromatic heterocycles. The van der Waals surface area contributed by atoms with Crippen molar-refractivity contribution < 1.29 is 4.79 Å². The summed E-state index contributed by atoms with van der Waals surface area (Å²) in [6.07, 6.45) is 5.04. The molecule has 1 N–H and O–H groups in total. The number of benzene rings is 1. The second-order valence-corrected chi connectivity index (χ2v) is 5.43. The Labute approximate surface area is 120 Å². The van der Waals surface area contributed by atoms with Crippen LogP contribution in [0.1, 0.15) is 12.5 Å². The second-order valence-electron chi connectivity index (χ2n) is 4.17. The molecule has 0 spiro atoms. The van der Waals surface area contributed by atoms with Gasteiger partial charge in [0.25, 0.3) is 5.91 Å². The molecule has 1 amide bonds. The van der Waals surface area contributed by atoms with E-state index < -0.39 is 0 Å². The maximum absolute atomic E-state index is 11.8. The highest BCUT2D eigenvalue weighted by Gasteiger charge is 2.19. The summed E-state index contributed by atoms with van der Waals surface area (Å²) >= 11 is 1.52. The number of aromatic nitrogens is 2. The minimum atomic E-state index is -0.162. The number of hydrogen-bond donors (Lipinski definition) is 1. The molecular weight excluding hydrogens is 272 g/mol. The number of hydrogen-bond acceptors (Lipinski definition) is 5. The Morgan fingerprint density at radius 1 is 1.40 bits per heavy atom. The molecule has 1 aliphatic rings. The zero-order chi connectivity index (χ0) is 13.9. The van der Waals surface area contributed by atoms with Crippen LogP contribution >= 0.6 is 11.8 Å². The largest absolute Gasteiger partial charge is 0.300 e. The number of nitrogens with one attached hydrogen (secondary N) is 1. The van der Waals surface area contributed by atoms with Crippen molar-refractivity contribution >= 4 is 39.8 Å². The molecule has 3 rings (SSSR count). The van der Waals surface area contributed by atoms with Gasteiger partial charge in [-0.1, -0.05) is 24.8 Å². The Balaban J connectivity index is 1.95. The van der Waals surface area contributed by atoms with Crippen molar-refractivity contribution in [1.82, 2.24) is 15.3 Å². The summed E-state index contributed by atoms with van der Waals surface area (Å²) in [6, 6.07) is 5.76. The molecular formula is C14H12N4OS. The fourth-order valence-electron chi connectivity index (χ4n) is 1.90. The van der Waals surface area contributed by atoms with E-state index in [0.717, 1.165) is 22.2 Å². The van der Waals surface area contributed by atoms with E-state index in [-0.39, 0.29) is 5.91 Å². The number of fused-ring (bicyclic) bond motifs is 1. The van der Waals surface area contributed by atoms with Gasteiger partial charge in [-0.25, -0.2) is 15.0 Å². The lowest BCUT2D eigenvalue weighted by Gasteiger charge is -1.98. The van der Waals surface area contributed by atoms with Crippen LogP contribution in [0.25, 0.3) is 17.0 Å². The molecule has 1 aliphatic heterocycles. The van der Waals surface area contributed by atoms with Gasteiger partial charge in [0.2, 0.25) is 0 Å². The van der Waals surface area contributed by atoms with E-state index in [1.54, 1.807) is 12.3 Å². The van der Waals surface area contributed by atoms with Crippen molar-refractivity contribution in [2.24, 2.45) is 4.99 Å². The van der Waals surface area contributed by atoms with Gasteiger partial charge in [0.15, 0.2) is 5.17 Å². The van der Waals surface area contributed by atoms with Crippen molar-refractivity contribution in [1.29, 1.82) is 0 Å². The summed E-state index contributed by atoms with van der Waals surface area (Å²) in [7, 11) is 0. The lowest BCUT2D eigenvalue weighted by molar-refractivity contribution is -0.115. The first-order valence-electron chi connectivity index (χ1n) is 6.20. The third-order valence-electron chi connectivity index (χ3n) is 2.79. The van der Waals surface area contributed by atoms with E-state index >= 15 is 0 Å². The van der Waals surface area contributed by atoms with Gasteiger partial charge >= 0.3 is 0 Å². The van der Waals surface area contributed by atoms with E-state index in [0.29, 0.717) is 10.9 Å². The SMILES string of the molecule is CCSC1=N/C(=C\c2ccc3ncncc3c2)C(=O)N1. The van der Waals surface area contributed by atoms with Gasteiger partial charge in [0.1, 0.15) is 12.0 Å². The third-order valence-corrected chi connectivity index (χ3v) is 3.54. The number of carbonyl (C=O) groups excluding carboxylic acids is 1. The average Bonchev–Trinajstić information content (AvgIpc) is 2.79. The predicted octanol–water partition coefficient (Wildman–Crippen LogP) is 2.21. The van der Waals surface area contributed by atoms with Gasteiger partial charge in [0, 0.05) is 11.6 Å². The lowest BCUT2D eigenvalue weighted by atomic mass is 10.1. The molecule has 5 nitrogen and oxygen atoms in total. The zero-order valence-corrected chi connectivity index (χ0v) is 11.6. The van der Waals surface area contributed by atoms with Crippen LogP contribution in [0.2, 0.25) is 0 Å². The maximum atomic E-state index is 11.8. The summed E-state index contributed by atoms with van der Waals surface area (Å²) in [6.45, 7) is 2.02. The molecule has 0 atom stereocenters. The van der Waals surface area contributed by atoms with Crippen LogP contribution < -0.4 is 5.32 Å². The maximum Gasteiger partial charge on any atom is 0.275 e. The number of nitrogens with zero attached hydrogens (tertiary/aromatic N) is 3.